The van der Waals surface area contributed by atoms with Gasteiger partial charge in [0.05, 0.1) is 0 Å². The predicted octanol–water partition coefficient (Wildman–Crippen LogP) is 2.16. The number of hydrogen-bond donors (Lipinski definition) is 2. The Morgan fingerprint density at radius 2 is 1.63 bits per heavy atom. The zero-order valence-corrected chi connectivity index (χ0v) is 15.0. The van der Waals surface area contributed by atoms with Crippen molar-refractivity contribution in [3.8, 4) is 0 Å². The molecule has 1 saturated heterocycles. The van der Waals surface area contributed by atoms with E-state index in [4.69, 9.17) is 5.21 Å². The van der Waals surface area contributed by atoms with Crippen LogP contribution in [0.5, 0.6) is 0 Å². The third kappa shape index (κ3) is 5.26. The van der Waals surface area contributed by atoms with Crippen LogP contribution in [0.3, 0.4) is 0 Å². The zero-order valence-electron chi connectivity index (χ0n) is 15.0. The lowest BCUT2D eigenvalue weighted by Gasteiger charge is -2.34. The minimum atomic E-state index is -0.554. The molecule has 2 amide bonds. The van der Waals surface area contributed by atoms with Crippen molar-refractivity contribution in [2.24, 2.45) is 0 Å². The molecule has 0 spiro atoms. The van der Waals surface area contributed by atoms with Gasteiger partial charge in [-0.25, -0.2) is 5.48 Å². The second kappa shape index (κ2) is 9.12. The maximum atomic E-state index is 12.5. The van der Waals surface area contributed by atoms with Crippen LogP contribution < -0.4 is 5.48 Å². The molecule has 0 saturated carbocycles. The molecular weight excluding hydrogens is 342 g/mol. The molecule has 27 heavy (non-hydrogen) atoms. The molecule has 0 bridgehead atoms. The van der Waals surface area contributed by atoms with Crippen molar-refractivity contribution < 1.29 is 14.8 Å². The average molecular weight is 365 g/mol. The van der Waals surface area contributed by atoms with Crippen molar-refractivity contribution >= 4 is 17.9 Å². The van der Waals surface area contributed by atoms with E-state index < -0.39 is 5.91 Å². The van der Waals surface area contributed by atoms with E-state index in [9.17, 15) is 9.59 Å². The molecule has 6 nitrogen and oxygen atoms in total. The Morgan fingerprint density at radius 1 is 0.963 bits per heavy atom. The first-order valence-electron chi connectivity index (χ1n) is 8.93. The summed E-state index contributed by atoms with van der Waals surface area (Å²) in [7, 11) is 0. The summed E-state index contributed by atoms with van der Waals surface area (Å²) in [5, 5.41) is 8.48. The van der Waals surface area contributed by atoms with Gasteiger partial charge in [0.15, 0.2) is 0 Å². The monoisotopic (exact) mass is 365 g/mol. The highest BCUT2D eigenvalue weighted by atomic mass is 16.5. The molecule has 0 aliphatic carbocycles. The van der Waals surface area contributed by atoms with Crippen LogP contribution in [0.1, 0.15) is 21.5 Å². The first kappa shape index (κ1) is 18.8. The van der Waals surface area contributed by atoms with Gasteiger partial charge in [0, 0.05) is 44.4 Å². The second-order valence-electron chi connectivity index (χ2n) is 6.49. The molecule has 1 fully saturated rings. The van der Waals surface area contributed by atoms with Crippen LogP contribution in [0.25, 0.3) is 6.08 Å². The second-order valence-corrected chi connectivity index (χ2v) is 6.49. The van der Waals surface area contributed by atoms with Crippen LogP contribution in [0, 0.1) is 0 Å². The lowest BCUT2D eigenvalue weighted by Crippen LogP contribution is -2.48. The summed E-state index contributed by atoms with van der Waals surface area (Å²) in [4.78, 5) is 27.7. The van der Waals surface area contributed by atoms with E-state index in [2.05, 4.69) is 4.90 Å². The number of nitrogens with zero attached hydrogens (tertiary/aromatic N) is 2. The lowest BCUT2D eigenvalue weighted by atomic mass is 10.1. The number of rotatable bonds is 5. The van der Waals surface area contributed by atoms with Crippen LogP contribution >= 0.6 is 0 Å². The topological polar surface area (TPSA) is 72.9 Å². The Labute approximate surface area is 158 Å². The molecule has 1 aliphatic heterocycles. The molecule has 3 rings (SSSR count). The lowest BCUT2D eigenvalue weighted by molar-refractivity contribution is -0.124. The van der Waals surface area contributed by atoms with Gasteiger partial charge < -0.3 is 4.90 Å². The molecule has 2 aromatic rings. The summed E-state index contributed by atoms with van der Waals surface area (Å²) < 4.78 is 0. The van der Waals surface area contributed by atoms with E-state index in [0.717, 1.165) is 43.9 Å². The van der Waals surface area contributed by atoms with Gasteiger partial charge in [0.2, 0.25) is 0 Å². The Bertz CT molecular complexity index is 795. The molecule has 0 unspecified atom stereocenters. The van der Waals surface area contributed by atoms with E-state index in [0.29, 0.717) is 0 Å². The maximum Gasteiger partial charge on any atom is 0.267 e. The van der Waals surface area contributed by atoms with Crippen molar-refractivity contribution in [1.29, 1.82) is 0 Å². The van der Waals surface area contributed by atoms with Crippen LogP contribution in [0.15, 0.2) is 60.7 Å². The fraction of sp³-hybridized carbons (Fsp3) is 0.238. The third-order valence-corrected chi connectivity index (χ3v) is 4.60. The first-order valence-corrected chi connectivity index (χ1v) is 8.93. The Balaban J connectivity index is 1.50. The summed E-state index contributed by atoms with van der Waals surface area (Å²) in [5.41, 5.74) is 4.37. The Morgan fingerprint density at radius 3 is 2.26 bits per heavy atom. The minimum absolute atomic E-state index is 0.0957. The maximum absolute atomic E-state index is 12.5. The summed E-state index contributed by atoms with van der Waals surface area (Å²) in [6.45, 7) is 3.97. The van der Waals surface area contributed by atoms with E-state index in [1.807, 2.05) is 59.5 Å². The average Bonchev–Trinajstić information content (AvgIpc) is 2.73. The molecule has 140 valence electrons. The highest BCUT2D eigenvalue weighted by Gasteiger charge is 2.21. The Kier molecular flexibility index (Phi) is 6.35. The van der Waals surface area contributed by atoms with Crippen molar-refractivity contribution in [2.75, 3.05) is 26.2 Å². The van der Waals surface area contributed by atoms with Crippen LogP contribution in [-0.2, 0) is 11.3 Å². The van der Waals surface area contributed by atoms with E-state index >= 15 is 0 Å². The highest BCUT2D eigenvalue weighted by Crippen LogP contribution is 2.13. The molecule has 0 aromatic heterocycles. The number of carbonyl (C=O) groups excluding carboxylic acids is 2. The van der Waals surface area contributed by atoms with Crippen LogP contribution in [0.2, 0.25) is 0 Å². The molecule has 6 heteroatoms. The summed E-state index contributed by atoms with van der Waals surface area (Å²) in [6.07, 6.45) is 2.92. The number of piperazine rings is 1. The van der Waals surface area contributed by atoms with Gasteiger partial charge >= 0.3 is 0 Å². The molecular formula is C21H23N3O3. The standard InChI is InChI=1S/C21H23N3O3/c25-20(22-27)11-10-17-6-8-18(9-7-17)16-23-12-14-24(15-13-23)21(26)19-4-2-1-3-5-19/h1-11,27H,12-16H2,(H,22,25)/b11-10+. The zero-order chi connectivity index (χ0) is 19.1. The largest absolute Gasteiger partial charge is 0.336 e. The smallest absolute Gasteiger partial charge is 0.267 e. The Hall–Kier alpha value is -2.96. The van der Waals surface area contributed by atoms with Crippen molar-refractivity contribution in [3.63, 3.8) is 0 Å². The summed E-state index contributed by atoms with van der Waals surface area (Å²) in [6, 6.07) is 17.3. The van der Waals surface area contributed by atoms with E-state index in [1.54, 1.807) is 11.6 Å². The highest BCUT2D eigenvalue weighted by molar-refractivity contribution is 5.94. The van der Waals surface area contributed by atoms with E-state index in [-0.39, 0.29) is 5.91 Å². The molecule has 1 aliphatic rings. The van der Waals surface area contributed by atoms with Crippen LogP contribution in [-0.4, -0.2) is 53.0 Å². The number of nitrogens with one attached hydrogen (secondary N) is 1. The van der Waals surface area contributed by atoms with Crippen molar-refractivity contribution in [1.82, 2.24) is 15.3 Å². The number of amides is 2. The molecule has 0 atom stereocenters. The SMILES string of the molecule is O=C(/C=C/c1ccc(CN2CCN(C(=O)c3ccccc3)CC2)cc1)NO. The fourth-order valence-corrected chi connectivity index (χ4v) is 3.07. The molecule has 2 N–H and O–H groups in total. The number of benzene rings is 2. The summed E-state index contributed by atoms with van der Waals surface area (Å²) >= 11 is 0. The molecule has 2 aromatic carbocycles. The van der Waals surface area contributed by atoms with Gasteiger partial charge in [-0.2, -0.15) is 0 Å². The van der Waals surface area contributed by atoms with E-state index in [1.165, 1.54) is 11.6 Å². The van der Waals surface area contributed by atoms with Crippen LogP contribution in [0.4, 0.5) is 0 Å². The quantitative estimate of drug-likeness (QED) is 0.484. The number of hydrogen-bond acceptors (Lipinski definition) is 4. The normalized spacial score (nSPS) is 15.1. The fourth-order valence-electron chi connectivity index (χ4n) is 3.07. The minimum Gasteiger partial charge on any atom is -0.336 e. The van der Waals surface area contributed by atoms with Gasteiger partial charge in [0.25, 0.3) is 11.8 Å². The molecule has 1 heterocycles. The number of carbonyl (C=O) groups is 2. The number of hydroxylamine groups is 1. The third-order valence-electron chi connectivity index (χ3n) is 4.60. The first-order chi connectivity index (χ1) is 13.2. The van der Waals surface area contributed by atoms with Crippen molar-refractivity contribution in [2.45, 2.75) is 6.54 Å². The van der Waals surface area contributed by atoms with Gasteiger partial charge in [-0.1, -0.05) is 42.5 Å². The van der Waals surface area contributed by atoms with Crippen molar-refractivity contribution in [3.05, 3.63) is 77.4 Å². The summed E-state index contributed by atoms with van der Waals surface area (Å²) in [5.74, 6) is -0.458. The van der Waals surface area contributed by atoms with Gasteiger partial charge in [0.1, 0.15) is 0 Å². The van der Waals surface area contributed by atoms with Gasteiger partial charge in [-0.05, 0) is 29.3 Å². The van der Waals surface area contributed by atoms with Gasteiger partial charge in [-0.15, -0.1) is 0 Å². The van der Waals surface area contributed by atoms with Gasteiger partial charge in [-0.3, -0.25) is 19.7 Å². The molecule has 0 radical (unpaired) electrons. The predicted molar refractivity (Wildman–Crippen MR) is 103 cm³/mol.